The minimum Gasteiger partial charge on any atom is -0.397 e. The number of hydrogen-bond acceptors (Lipinski definition) is 5. The summed E-state index contributed by atoms with van der Waals surface area (Å²) in [6, 6.07) is 3.66. The van der Waals surface area contributed by atoms with Crippen molar-refractivity contribution in [2.75, 3.05) is 38.6 Å². The van der Waals surface area contributed by atoms with Crippen LogP contribution >= 0.6 is 0 Å². The van der Waals surface area contributed by atoms with Gasteiger partial charge in [0.1, 0.15) is 0 Å². The Bertz CT molecular complexity index is 429. The second-order valence-corrected chi connectivity index (χ2v) is 5.14. The number of nitrogens with zero attached hydrogens (tertiary/aromatic N) is 2. The highest BCUT2D eigenvalue weighted by molar-refractivity contribution is 5.78. The first kappa shape index (κ1) is 14.7. The van der Waals surface area contributed by atoms with Gasteiger partial charge in [-0.05, 0) is 19.1 Å². The van der Waals surface area contributed by atoms with Crippen LogP contribution in [0.4, 0.5) is 5.69 Å². The summed E-state index contributed by atoms with van der Waals surface area (Å²) in [6.07, 6.45) is 1.85. The zero-order valence-corrected chi connectivity index (χ0v) is 11.8. The zero-order valence-electron chi connectivity index (χ0n) is 11.8. The molecule has 1 aliphatic heterocycles. The molecule has 110 valence electrons. The summed E-state index contributed by atoms with van der Waals surface area (Å²) in [6.45, 7) is 6.28. The van der Waals surface area contributed by atoms with Crippen molar-refractivity contribution in [2.24, 2.45) is 0 Å². The Hall–Kier alpha value is -1.66. The van der Waals surface area contributed by atoms with Gasteiger partial charge in [0.05, 0.1) is 31.5 Å². The van der Waals surface area contributed by atoms with E-state index in [1.807, 2.05) is 6.92 Å². The SMILES string of the molecule is CC(CN1CCOCC1)NC(=O)Cc1ccc(N)cn1. The molecule has 2 heterocycles. The van der Waals surface area contributed by atoms with Gasteiger partial charge < -0.3 is 15.8 Å². The molecule has 3 N–H and O–H groups in total. The van der Waals surface area contributed by atoms with Crippen LogP contribution in [0.3, 0.4) is 0 Å². The van der Waals surface area contributed by atoms with Gasteiger partial charge in [0.25, 0.3) is 0 Å². The number of nitrogen functional groups attached to an aromatic ring is 1. The molecule has 2 rings (SSSR count). The number of ether oxygens (including phenoxy) is 1. The molecule has 0 aromatic carbocycles. The van der Waals surface area contributed by atoms with Crippen LogP contribution in [0.15, 0.2) is 18.3 Å². The topological polar surface area (TPSA) is 80.5 Å². The van der Waals surface area contributed by atoms with Crippen molar-refractivity contribution in [3.63, 3.8) is 0 Å². The molecule has 1 fully saturated rings. The average molecular weight is 278 g/mol. The molecule has 0 spiro atoms. The number of rotatable bonds is 5. The number of pyridine rings is 1. The van der Waals surface area contributed by atoms with Crippen molar-refractivity contribution >= 4 is 11.6 Å². The molecule has 0 saturated carbocycles. The number of carbonyl (C=O) groups excluding carboxylic acids is 1. The van der Waals surface area contributed by atoms with Gasteiger partial charge in [-0.15, -0.1) is 0 Å². The molecule has 0 radical (unpaired) electrons. The molecule has 1 amide bonds. The van der Waals surface area contributed by atoms with Crippen LogP contribution < -0.4 is 11.1 Å². The maximum atomic E-state index is 11.9. The van der Waals surface area contributed by atoms with E-state index in [2.05, 4.69) is 15.2 Å². The molecule has 1 aromatic heterocycles. The third kappa shape index (κ3) is 4.79. The van der Waals surface area contributed by atoms with Crippen molar-refractivity contribution in [1.29, 1.82) is 0 Å². The highest BCUT2D eigenvalue weighted by Crippen LogP contribution is 2.02. The molecular weight excluding hydrogens is 256 g/mol. The number of amides is 1. The van der Waals surface area contributed by atoms with Crippen molar-refractivity contribution in [3.05, 3.63) is 24.0 Å². The van der Waals surface area contributed by atoms with E-state index in [0.717, 1.165) is 38.5 Å². The normalized spacial score (nSPS) is 17.6. The summed E-state index contributed by atoms with van der Waals surface area (Å²) in [5.41, 5.74) is 6.90. The average Bonchev–Trinajstić information content (AvgIpc) is 2.42. The van der Waals surface area contributed by atoms with E-state index in [4.69, 9.17) is 10.5 Å². The molecule has 0 bridgehead atoms. The first-order valence-corrected chi connectivity index (χ1v) is 6.93. The van der Waals surface area contributed by atoms with Crippen LogP contribution in [0.2, 0.25) is 0 Å². The van der Waals surface area contributed by atoms with Gasteiger partial charge in [-0.3, -0.25) is 14.7 Å². The van der Waals surface area contributed by atoms with E-state index >= 15 is 0 Å². The Kier molecular flexibility index (Phi) is 5.31. The van der Waals surface area contributed by atoms with E-state index in [9.17, 15) is 4.79 Å². The third-order valence-electron chi connectivity index (χ3n) is 3.23. The Balaban J connectivity index is 1.74. The monoisotopic (exact) mass is 278 g/mol. The predicted molar refractivity (Wildman–Crippen MR) is 77.2 cm³/mol. The van der Waals surface area contributed by atoms with E-state index in [1.165, 1.54) is 0 Å². The highest BCUT2D eigenvalue weighted by atomic mass is 16.5. The van der Waals surface area contributed by atoms with Gasteiger partial charge in [-0.25, -0.2) is 0 Å². The quantitative estimate of drug-likeness (QED) is 0.795. The summed E-state index contributed by atoms with van der Waals surface area (Å²) in [7, 11) is 0. The van der Waals surface area contributed by atoms with Crippen molar-refractivity contribution < 1.29 is 9.53 Å². The van der Waals surface area contributed by atoms with Gasteiger partial charge in [0.2, 0.25) is 5.91 Å². The van der Waals surface area contributed by atoms with Gasteiger partial charge in [0.15, 0.2) is 0 Å². The molecule has 1 aromatic rings. The summed E-state index contributed by atoms with van der Waals surface area (Å²) in [4.78, 5) is 18.4. The van der Waals surface area contributed by atoms with Gasteiger partial charge in [-0.1, -0.05) is 0 Å². The lowest BCUT2D eigenvalue weighted by atomic mass is 10.2. The second-order valence-electron chi connectivity index (χ2n) is 5.14. The molecule has 1 saturated heterocycles. The van der Waals surface area contributed by atoms with Crippen LogP contribution in [0.1, 0.15) is 12.6 Å². The first-order chi connectivity index (χ1) is 9.63. The smallest absolute Gasteiger partial charge is 0.226 e. The lowest BCUT2D eigenvalue weighted by Crippen LogP contribution is -2.46. The van der Waals surface area contributed by atoms with E-state index in [1.54, 1.807) is 18.3 Å². The molecule has 0 aliphatic carbocycles. The fraction of sp³-hybridized carbons (Fsp3) is 0.571. The molecule has 1 aliphatic rings. The number of anilines is 1. The lowest BCUT2D eigenvalue weighted by molar-refractivity contribution is -0.121. The molecule has 6 nitrogen and oxygen atoms in total. The fourth-order valence-electron chi connectivity index (χ4n) is 2.25. The van der Waals surface area contributed by atoms with E-state index < -0.39 is 0 Å². The molecule has 1 atom stereocenters. The Morgan fingerprint density at radius 2 is 2.25 bits per heavy atom. The number of aromatic nitrogens is 1. The van der Waals surface area contributed by atoms with E-state index in [0.29, 0.717) is 5.69 Å². The van der Waals surface area contributed by atoms with Gasteiger partial charge >= 0.3 is 0 Å². The second kappa shape index (κ2) is 7.21. The summed E-state index contributed by atoms with van der Waals surface area (Å²) in [5, 5.41) is 3.00. The predicted octanol–water partition coefficient (Wildman–Crippen LogP) is 0.0432. The lowest BCUT2D eigenvalue weighted by Gasteiger charge is -2.29. The molecule has 20 heavy (non-hydrogen) atoms. The molecule has 1 unspecified atom stereocenters. The fourth-order valence-corrected chi connectivity index (χ4v) is 2.25. The van der Waals surface area contributed by atoms with Crippen molar-refractivity contribution in [1.82, 2.24) is 15.2 Å². The molecular formula is C14H22N4O2. The van der Waals surface area contributed by atoms with Gasteiger partial charge in [0, 0.05) is 31.4 Å². The van der Waals surface area contributed by atoms with Crippen LogP contribution in [0.25, 0.3) is 0 Å². The van der Waals surface area contributed by atoms with Crippen molar-refractivity contribution in [3.8, 4) is 0 Å². The van der Waals surface area contributed by atoms with Crippen LogP contribution in [-0.4, -0.2) is 54.7 Å². The van der Waals surface area contributed by atoms with Crippen LogP contribution in [0, 0.1) is 0 Å². The minimum absolute atomic E-state index is 0.0111. The number of carbonyl (C=O) groups is 1. The summed E-state index contributed by atoms with van der Waals surface area (Å²) < 4.78 is 5.30. The number of morpholine rings is 1. The van der Waals surface area contributed by atoms with Gasteiger partial charge in [-0.2, -0.15) is 0 Å². The van der Waals surface area contributed by atoms with Crippen molar-refractivity contribution in [2.45, 2.75) is 19.4 Å². The highest BCUT2D eigenvalue weighted by Gasteiger charge is 2.15. The maximum absolute atomic E-state index is 11.9. The van der Waals surface area contributed by atoms with Crippen LogP contribution in [0.5, 0.6) is 0 Å². The minimum atomic E-state index is -0.0111. The third-order valence-corrected chi connectivity index (χ3v) is 3.23. The first-order valence-electron chi connectivity index (χ1n) is 6.93. The van der Waals surface area contributed by atoms with E-state index in [-0.39, 0.29) is 18.4 Å². The largest absolute Gasteiger partial charge is 0.397 e. The van der Waals surface area contributed by atoms with Crippen LogP contribution in [-0.2, 0) is 16.0 Å². The standard InChI is InChI=1S/C14H22N4O2/c1-11(10-18-4-6-20-7-5-18)17-14(19)8-13-3-2-12(15)9-16-13/h2-3,9,11H,4-8,10,15H2,1H3,(H,17,19). The Morgan fingerprint density at radius 3 is 2.90 bits per heavy atom. The molecule has 6 heteroatoms. The Labute approximate surface area is 119 Å². The number of hydrogen-bond donors (Lipinski definition) is 2. The number of nitrogens with one attached hydrogen (secondary N) is 1. The zero-order chi connectivity index (χ0) is 14.4. The Morgan fingerprint density at radius 1 is 1.50 bits per heavy atom. The summed E-state index contributed by atoms with van der Waals surface area (Å²) in [5.74, 6) is -0.0111. The number of nitrogens with two attached hydrogens (primary N) is 1. The summed E-state index contributed by atoms with van der Waals surface area (Å²) >= 11 is 0. The maximum Gasteiger partial charge on any atom is 0.226 e.